The molecule has 2 aromatic carbocycles. The zero-order chi connectivity index (χ0) is 42.0. The molecule has 0 spiro atoms. The van der Waals surface area contributed by atoms with Crippen LogP contribution in [0.3, 0.4) is 0 Å². The van der Waals surface area contributed by atoms with E-state index in [1.165, 1.54) is 120 Å². The van der Waals surface area contributed by atoms with Gasteiger partial charge in [0.1, 0.15) is 0 Å². The Kier molecular flexibility index (Phi) is 33.7. The zero-order valence-corrected chi connectivity index (χ0v) is 38.4. The molecule has 0 saturated carbocycles. The number of guanidine groups is 4. The second kappa shape index (κ2) is 35.7. The highest BCUT2D eigenvalue weighted by Crippen LogP contribution is 2.15. The van der Waals surface area contributed by atoms with Gasteiger partial charge in [-0.3, -0.25) is 32.3 Å². The fourth-order valence-corrected chi connectivity index (χ4v) is 6.50. The maximum atomic E-state index is 7.86. The van der Waals surface area contributed by atoms with Crippen LogP contribution >= 0.6 is 23.2 Å². The minimum atomic E-state index is -0.00148. The molecule has 0 saturated heterocycles. The van der Waals surface area contributed by atoms with E-state index in [0.29, 0.717) is 34.5 Å². The molecule has 0 atom stereocenters. The van der Waals surface area contributed by atoms with Crippen molar-refractivity contribution in [1.82, 2.24) is 21.3 Å². The molecule has 0 aliphatic rings. The summed E-state index contributed by atoms with van der Waals surface area (Å²) in [6.45, 7) is 8.60. The first-order valence-electron chi connectivity index (χ1n) is 21.7. The second-order valence-corrected chi connectivity index (χ2v) is 16.5. The van der Waals surface area contributed by atoms with Gasteiger partial charge in [-0.1, -0.05) is 127 Å². The van der Waals surface area contributed by atoms with Gasteiger partial charge in [0.05, 0.1) is 27.2 Å². The smallest absolute Gasteiger partial charge is 0.199 e. The molecule has 0 heterocycles. The average Bonchev–Trinajstić information content (AvgIpc) is 3.17. The summed E-state index contributed by atoms with van der Waals surface area (Å²) in [6, 6.07) is 13.9. The van der Waals surface area contributed by atoms with Gasteiger partial charge in [-0.2, -0.15) is 0 Å². The number of nitrogens with one attached hydrogen (secondary N) is 10. The lowest BCUT2D eigenvalue weighted by Crippen LogP contribution is -3.00. The third-order valence-corrected chi connectivity index (χ3v) is 10.2. The largest absolute Gasteiger partial charge is 1.00 e. The van der Waals surface area contributed by atoms with Crippen LogP contribution in [-0.4, -0.2) is 68.6 Å². The minimum Gasteiger partial charge on any atom is -1.00 e. The Hall–Kier alpha value is -3.25. The lowest BCUT2D eigenvalue weighted by molar-refractivity contribution is -0.890. The number of quaternary nitrogens is 1. The van der Waals surface area contributed by atoms with Crippen LogP contribution in [0.15, 0.2) is 48.5 Å². The number of unbranched alkanes of at least 4 members (excludes halogenated alkanes) is 17. The Morgan fingerprint density at radius 1 is 0.448 bits per heavy atom. The molecule has 0 aromatic heterocycles. The van der Waals surface area contributed by atoms with Crippen molar-refractivity contribution < 1.29 is 16.9 Å². The highest BCUT2D eigenvalue weighted by Gasteiger charge is 2.13. The molecule has 10 N–H and O–H groups in total. The van der Waals surface area contributed by atoms with E-state index in [2.05, 4.69) is 59.8 Å². The molecule has 330 valence electrons. The van der Waals surface area contributed by atoms with Gasteiger partial charge in [-0.05, 0) is 87.1 Å². The van der Waals surface area contributed by atoms with Gasteiger partial charge < -0.3 is 38.2 Å². The summed E-state index contributed by atoms with van der Waals surface area (Å²) < 4.78 is 1.24. The van der Waals surface area contributed by atoms with E-state index in [0.717, 1.165) is 25.7 Å². The van der Waals surface area contributed by atoms with Gasteiger partial charge in [0.2, 0.25) is 0 Å². The van der Waals surface area contributed by atoms with E-state index in [-0.39, 0.29) is 36.2 Å². The monoisotopic (exact) mass is 866 g/mol. The van der Waals surface area contributed by atoms with Crippen molar-refractivity contribution in [3.05, 3.63) is 58.6 Å². The first-order valence-corrected chi connectivity index (χ1v) is 22.4. The lowest BCUT2D eigenvalue weighted by atomic mass is 10.1. The summed E-state index contributed by atoms with van der Waals surface area (Å²) in [5, 5.41) is 49.5. The summed E-state index contributed by atoms with van der Waals surface area (Å²) in [6.07, 6.45) is 26.7. The average molecular weight is 868 g/mol. The van der Waals surface area contributed by atoms with Gasteiger partial charge in [-0.15, -0.1) is 0 Å². The highest BCUT2D eigenvalue weighted by molar-refractivity contribution is 6.31. The number of hydrogen-bond acceptors (Lipinski definition) is 4. The molecular formula is C44H78Cl3N11. The van der Waals surface area contributed by atoms with Gasteiger partial charge in [0.25, 0.3) is 0 Å². The molecule has 0 bridgehead atoms. The van der Waals surface area contributed by atoms with E-state index in [9.17, 15) is 0 Å². The van der Waals surface area contributed by atoms with Gasteiger partial charge in [-0.25, -0.2) is 0 Å². The second-order valence-electron chi connectivity index (χ2n) is 15.6. The Bertz CT molecular complexity index is 1250. The number of rotatable bonds is 27. The maximum Gasteiger partial charge on any atom is 0.199 e. The van der Waals surface area contributed by atoms with Crippen LogP contribution in [0.2, 0.25) is 10.0 Å². The lowest BCUT2D eigenvalue weighted by Gasteiger charge is -2.30. The van der Waals surface area contributed by atoms with Crippen molar-refractivity contribution in [3.63, 3.8) is 0 Å². The van der Waals surface area contributed by atoms with Crippen molar-refractivity contribution in [1.29, 1.82) is 21.6 Å². The van der Waals surface area contributed by atoms with Gasteiger partial charge >= 0.3 is 0 Å². The maximum absolute atomic E-state index is 7.86. The van der Waals surface area contributed by atoms with E-state index < -0.39 is 0 Å². The first-order chi connectivity index (χ1) is 27.4. The topological polar surface area (TPSA) is 168 Å². The Morgan fingerprint density at radius 3 is 1.07 bits per heavy atom. The van der Waals surface area contributed by atoms with E-state index in [1.54, 1.807) is 48.5 Å². The van der Waals surface area contributed by atoms with Crippen LogP contribution < -0.4 is 44.3 Å². The van der Waals surface area contributed by atoms with Crippen LogP contribution in [0.25, 0.3) is 0 Å². The Morgan fingerprint density at radius 2 is 0.741 bits per heavy atom. The highest BCUT2D eigenvalue weighted by atomic mass is 35.5. The summed E-state index contributed by atoms with van der Waals surface area (Å²) >= 11 is 11.7. The molecule has 0 fully saturated rings. The van der Waals surface area contributed by atoms with Crippen LogP contribution in [0, 0.1) is 21.6 Å². The van der Waals surface area contributed by atoms with Crippen molar-refractivity contribution in [2.75, 3.05) is 50.9 Å². The minimum absolute atomic E-state index is 0. The number of nitrogens with zero attached hydrogens (tertiary/aromatic N) is 1. The molecule has 2 rings (SSSR count). The number of benzene rings is 2. The fraction of sp³-hybridized carbons (Fsp3) is 0.636. The predicted octanol–water partition coefficient (Wildman–Crippen LogP) is 8.52. The third kappa shape index (κ3) is 32.7. The van der Waals surface area contributed by atoms with Gasteiger partial charge in [0, 0.05) is 34.5 Å². The van der Waals surface area contributed by atoms with Crippen molar-refractivity contribution in [3.8, 4) is 0 Å². The van der Waals surface area contributed by atoms with Crippen molar-refractivity contribution in [2.45, 2.75) is 142 Å². The molecule has 0 aliphatic carbocycles. The van der Waals surface area contributed by atoms with E-state index >= 15 is 0 Å². The fourth-order valence-electron chi connectivity index (χ4n) is 6.25. The van der Waals surface area contributed by atoms with Crippen molar-refractivity contribution >= 4 is 58.4 Å². The standard InChI is InChI=1S/C22H30Cl2N10.C22H48N.ClH/c23-15-5-9-17(10-6-15)31-21(27)33-19(25)29-13-3-1-2-4-14-30-20(26)34-22(28)32-18-11-7-16(24)8-12-18;1-5-7-9-11-13-15-17-19-21-23(3,4)22-20-18-16-14-12-10-8-6-2;/h5-12H,1-4,13-14H2,(H5,25,27,29,31,33)(H5,26,28,30,32,34);5-22H2,1-4H3;1H/q;+1;/p-1. The summed E-state index contributed by atoms with van der Waals surface area (Å²) in [5.74, 6) is 0.112. The normalized spacial score (nSPS) is 10.7. The molecule has 0 unspecified atom stereocenters. The molecule has 0 radical (unpaired) electrons. The molecule has 0 aliphatic heterocycles. The predicted molar refractivity (Wildman–Crippen MR) is 249 cm³/mol. The molecule has 2 aromatic rings. The summed E-state index contributed by atoms with van der Waals surface area (Å²) in [4.78, 5) is 0. The first kappa shape index (κ1) is 54.8. The SMILES string of the molecule is CCCCCCCCCC[N+](C)(C)CCCCCCCCCC.N=C(NCCCCCCNC(=N)NC(=N)Nc1ccc(Cl)cc1)NC(=N)Nc1ccc(Cl)cc1.[Cl-]. The van der Waals surface area contributed by atoms with Crippen molar-refractivity contribution in [2.24, 2.45) is 0 Å². The quantitative estimate of drug-likeness (QED) is 0.0187. The number of anilines is 2. The third-order valence-electron chi connectivity index (χ3n) is 9.67. The molecule has 0 amide bonds. The Balaban J connectivity index is 0.00000119. The van der Waals surface area contributed by atoms with E-state index in [4.69, 9.17) is 44.8 Å². The molecule has 14 heteroatoms. The van der Waals surface area contributed by atoms with Crippen LogP contribution in [-0.2, 0) is 0 Å². The van der Waals surface area contributed by atoms with Crippen LogP contribution in [0.4, 0.5) is 11.4 Å². The Labute approximate surface area is 368 Å². The number of halogens is 3. The van der Waals surface area contributed by atoms with Crippen LogP contribution in [0.5, 0.6) is 0 Å². The van der Waals surface area contributed by atoms with Crippen LogP contribution in [0.1, 0.15) is 142 Å². The molecule has 11 nitrogen and oxygen atoms in total. The van der Waals surface area contributed by atoms with Gasteiger partial charge in [0.15, 0.2) is 23.8 Å². The molecular weight excluding hydrogens is 789 g/mol. The van der Waals surface area contributed by atoms with E-state index in [1.807, 2.05) is 0 Å². The molecule has 58 heavy (non-hydrogen) atoms. The summed E-state index contributed by atoms with van der Waals surface area (Å²) in [5.41, 5.74) is 1.42. The zero-order valence-electron chi connectivity index (χ0n) is 36.2. The number of hydrogen-bond donors (Lipinski definition) is 10. The summed E-state index contributed by atoms with van der Waals surface area (Å²) in [7, 11) is 4.87.